The predicted octanol–water partition coefficient (Wildman–Crippen LogP) is 3.40. The van der Waals surface area contributed by atoms with Gasteiger partial charge in [0.2, 0.25) is 0 Å². The normalized spacial score (nSPS) is 19.1. The minimum Gasteiger partial charge on any atom is -0.387 e. The van der Waals surface area contributed by atoms with Crippen molar-refractivity contribution in [2.75, 3.05) is 19.7 Å². The quantitative estimate of drug-likeness (QED) is 0.850. The van der Waals surface area contributed by atoms with Gasteiger partial charge in [-0.2, -0.15) is 0 Å². The Bertz CT molecular complexity index is 567. The first-order valence-corrected chi connectivity index (χ1v) is 8.42. The van der Waals surface area contributed by atoms with E-state index in [9.17, 15) is 5.11 Å². The van der Waals surface area contributed by atoms with Gasteiger partial charge in [0.05, 0.1) is 12.2 Å². The van der Waals surface area contributed by atoms with Crippen LogP contribution in [0.5, 0.6) is 0 Å². The van der Waals surface area contributed by atoms with E-state index >= 15 is 0 Å². The molecule has 3 rings (SSSR count). The Morgan fingerprint density at radius 1 is 1.04 bits per heavy atom. The molecule has 1 N–H and O–H groups in total. The molecule has 2 atom stereocenters. The van der Waals surface area contributed by atoms with E-state index in [0.717, 1.165) is 38.1 Å². The van der Waals surface area contributed by atoms with E-state index in [0.29, 0.717) is 12.6 Å². The average Bonchev–Trinajstić information content (AvgIpc) is 3.09. The lowest BCUT2D eigenvalue weighted by Gasteiger charge is -2.27. The minimum absolute atomic E-state index is 0.293. The Hall–Kier alpha value is -1.68. The van der Waals surface area contributed by atoms with E-state index < -0.39 is 6.10 Å². The third kappa shape index (κ3) is 4.90. The molecular formula is C20H25NO2. The lowest BCUT2D eigenvalue weighted by Crippen LogP contribution is -2.35. The molecule has 0 aromatic heterocycles. The van der Waals surface area contributed by atoms with E-state index in [1.807, 2.05) is 36.4 Å². The molecule has 1 aliphatic heterocycles. The summed E-state index contributed by atoms with van der Waals surface area (Å²) in [5, 5.41) is 10.6. The van der Waals surface area contributed by atoms with Crippen molar-refractivity contribution in [1.82, 2.24) is 4.90 Å². The molecule has 3 heteroatoms. The van der Waals surface area contributed by atoms with Crippen LogP contribution in [-0.2, 0) is 11.3 Å². The Labute approximate surface area is 138 Å². The molecule has 0 amide bonds. The molecule has 1 fully saturated rings. The summed E-state index contributed by atoms with van der Waals surface area (Å²) < 4.78 is 5.79. The molecule has 23 heavy (non-hydrogen) atoms. The lowest BCUT2D eigenvalue weighted by molar-refractivity contribution is 0.0460. The third-order valence-electron chi connectivity index (χ3n) is 4.35. The molecule has 0 spiro atoms. The van der Waals surface area contributed by atoms with Gasteiger partial charge in [-0.3, -0.25) is 4.90 Å². The number of hydrogen-bond acceptors (Lipinski definition) is 3. The average molecular weight is 311 g/mol. The van der Waals surface area contributed by atoms with Crippen LogP contribution in [-0.4, -0.2) is 35.8 Å². The van der Waals surface area contributed by atoms with Gasteiger partial charge >= 0.3 is 0 Å². The van der Waals surface area contributed by atoms with E-state index in [2.05, 4.69) is 29.2 Å². The summed E-state index contributed by atoms with van der Waals surface area (Å²) in [7, 11) is 0. The first-order valence-electron chi connectivity index (χ1n) is 8.42. The summed E-state index contributed by atoms with van der Waals surface area (Å²) in [5.74, 6) is 0. The number of ether oxygens (including phenoxy) is 1. The molecule has 2 unspecified atom stereocenters. The molecule has 1 heterocycles. The van der Waals surface area contributed by atoms with Gasteiger partial charge in [0, 0.05) is 26.2 Å². The third-order valence-corrected chi connectivity index (χ3v) is 4.35. The lowest BCUT2D eigenvalue weighted by atomic mass is 10.1. The second kappa shape index (κ2) is 8.25. The van der Waals surface area contributed by atoms with E-state index in [4.69, 9.17) is 4.74 Å². The van der Waals surface area contributed by atoms with Crippen molar-refractivity contribution in [3.05, 3.63) is 71.8 Å². The van der Waals surface area contributed by atoms with Crippen LogP contribution in [0.15, 0.2) is 60.7 Å². The highest BCUT2D eigenvalue weighted by molar-refractivity contribution is 5.18. The standard InChI is InChI=1S/C20H25NO2/c22-20(18-10-5-2-6-11-18)16-21(15-19-12-7-13-23-19)14-17-8-3-1-4-9-17/h1-6,8-11,19-20,22H,7,12-16H2. The van der Waals surface area contributed by atoms with Crippen LogP contribution < -0.4 is 0 Å². The van der Waals surface area contributed by atoms with E-state index in [-0.39, 0.29) is 0 Å². The molecule has 0 saturated carbocycles. The second-order valence-electron chi connectivity index (χ2n) is 6.24. The number of rotatable bonds is 7. The topological polar surface area (TPSA) is 32.7 Å². The van der Waals surface area contributed by atoms with Crippen LogP contribution in [0.1, 0.15) is 30.1 Å². The number of hydrogen-bond donors (Lipinski definition) is 1. The van der Waals surface area contributed by atoms with Crippen LogP contribution in [0.4, 0.5) is 0 Å². The molecule has 2 aromatic carbocycles. The zero-order valence-corrected chi connectivity index (χ0v) is 13.5. The first-order chi connectivity index (χ1) is 11.3. The van der Waals surface area contributed by atoms with Crippen molar-refractivity contribution in [1.29, 1.82) is 0 Å². The van der Waals surface area contributed by atoms with Crippen molar-refractivity contribution in [2.24, 2.45) is 0 Å². The number of nitrogens with zero attached hydrogens (tertiary/aromatic N) is 1. The molecule has 2 aromatic rings. The van der Waals surface area contributed by atoms with Crippen LogP contribution in [0.3, 0.4) is 0 Å². The number of aliphatic hydroxyl groups excluding tert-OH is 1. The minimum atomic E-state index is -0.471. The van der Waals surface area contributed by atoms with Crippen molar-refractivity contribution >= 4 is 0 Å². The predicted molar refractivity (Wildman–Crippen MR) is 92.1 cm³/mol. The highest BCUT2D eigenvalue weighted by atomic mass is 16.5. The highest BCUT2D eigenvalue weighted by Crippen LogP contribution is 2.19. The maximum absolute atomic E-state index is 10.6. The van der Waals surface area contributed by atoms with Gasteiger partial charge in [-0.1, -0.05) is 60.7 Å². The maximum atomic E-state index is 10.6. The summed E-state index contributed by atoms with van der Waals surface area (Å²) in [6.07, 6.45) is 2.08. The molecule has 122 valence electrons. The summed E-state index contributed by atoms with van der Waals surface area (Å²) >= 11 is 0. The van der Waals surface area contributed by atoms with Gasteiger partial charge in [0.25, 0.3) is 0 Å². The fourth-order valence-electron chi connectivity index (χ4n) is 3.15. The summed E-state index contributed by atoms with van der Waals surface area (Å²) in [5.41, 5.74) is 2.24. The molecule has 0 radical (unpaired) electrons. The second-order valence-corrected chi connectivity index (χ2v) is 6.24. The zero-order valence-electron chi connectivity index (χ0n) is 13.5. The fraction of sp³-hybridized carbons (Fsp3) is 0.400. The monoisotopic (exact) mass is 311 g/mol. The number of benzene rings is 2. The van der Waals surface area contributed by atoms with Gasteiger partial charge in [0.15, 0.2) is 0 Å². The van der Waals surface area contributed by atoms with Crippen molar-refractivity contribution < 1.29 is 9.84 Å². The summed E-state index contributed by atoms with van der Waals surface area (Å²) in [6, 6.07) is 20.3. The largest absolute Gasteiger partial charge is 0.387 e. The molecule has 3 nitrogen and oxygen atoms in total. The van der Waals surface area contributed by atoms with Gasteiger partial charge in [-0.25, -0.2) is 0 Å². The van der Waals surface area contributed by atoms with Crippen LogP contribution in [0.2, 0.25) is 0 Å². The molecule has 1 saturated heterocycles. The molecular weight excluding hydrogens is 286 g/mol. The maximum Gasteiger partial charge on any atom is 0.0917 e. The highest BCUT2D eigenvalue weighted by Gasteiger charge is 2.21. The van der Waals surface area contributed by atoms with E-state index in [1.165, 1.54) is 5.56 Å². The van der Waals surface area contributed by atoms with Crippen LogP contribution in [0, 0.1) is 0 Å². The Kier molecular flexibility index (Phi) is 5.81. The van der Waals surface area contributed by atoms with Crippen molar-refractivity contribution in [3.63, 3.8) is 0 Å². The molecule has 1 aliphatic rings. The smallest absolute Gasteiger partial charge is 0.0917 e. The first kappa shape index (κ1) is 16.2. The molecule has 0 aliphatic carbocycles. The van der Waals surface area contributed by atoms with Gasteiger partial charge in [0.1, 0.15) is 0 Å². The van der Waals surface area contributed by atoms with Crippen LogP contribution in [0.25, 0.3) is 0 Å². The summed E-state index contributed by atoms with van der Waals surface area (Å²) in [6.45, 7) is 3.20. The number of aliphatic hydroxyl groups is 1. The van der Waals surface area contributed by atoms with Gasteiger partial charge < -0.3 is 9.84 Å². The fourth-order valence-corrected chi connectivity index (χ4v) is 3.15. The Morgan fingerprint density at radius 2 is 1.74 bits per heavy atom. The Morgan fingerprint density at radius 3 is 2.39 bits per heavy atom. The zero-order chi connectivity index (χ0) is 15.9. The van der Waals surface area contributed by atoms with Crippen molar-refractivity contribution in [3.8, 4) is 0 Å². The molecule has 0 bridgehead atoms. The van der Waals surface area contributed by atoms with Crippen molar-refractivity contribution in [2.45, 2.75) is 31.6 Å². The Balaban J connectivity index is 1.66. The van der Waals surface area contributed by atoms with Crippen LogP contribution >= 0.6 is 0 Å². The summed E-state index contributed by atoms with van der Waals surface area (Å²) in [4.78, 5) is 2.31. The van der Waals surface area contributed by atoms with E-state index in [1.54, 1.807) is 0 Å². The SMILES string of the molecule is OC(CN(Cc1ccccc1)CC1CCCO1)c1ccccc1. The van der Waals surface area contributed by atoms with Gasteiger partial charge in [-0.05, 0) is 24.0 Å². The van der Waals surface area contributed by atoms with Gasteiger partial charge in [-0.15, -0.1) is 0 Å².